The zero-order valence-electron chi connectivity index (χ0n) is 21.8. The number of benzene rings is 1. The van der Waals surface area contributed by atoms with Gasteiger partial charge in [-0.1, -0.05) is 17.3 Å². The van der Waals surface area contributed by atoms with E-state index in [0.717, 1.165) is 25.7 Å². The number of pyridine rings is 1. The lowest BCUT2D eigenvalue weighted by Crippen LogP contribution is -2.50. The lowest BCUT2D eigenvalue weighted by molar-refractivity contribution is -0.274. The monoisotopic (exact) mass is 572 g/mol. The number of anilines is 1. The van der Waals surface area contributed by atoms with Crippen LogP contribution in [0.15, 0.2) is 47.1 Å². The number of halogens is 3. The summed E-state index contributed by atoms with van der Waals surface area (Å²) in [4.78, 5) is 29.9. The highest BCUT2D eigenvalue weighted by atomic mass is 19.4. The number of amides is 2. The number of rotatable bonds is 8. The van der Waals surface area contributed by atoms with E-state index in [0.29, 0.717) is 24.2 Å². The van der Waals surface area contributed by atoms with Gasteiger partial charge >= 0.3 is 18.4 Å². The first-order chi connectivity index (χ1) is 19.7. The van der Waals surface area contributed by atoms with Crippen LogP contribution < -0.4 is 10.1 Å². The highest BCUT2D eigenvalue weighted by molar-refractivity contribution is 5.90. The van der Waals surface area contributed by atoms with Gasteiger partial charge in [-0.05, 0) is 62.8 Å². The predicted octanol–water partition coefficient (Wildman–Crippen LogP) is 5.95. The summed E-state index contributed by atoms with van der Waals surface area (Å²) in [5.41, 5.74) is 1.09. The Morgan fingerprint density at radius 2 is 1.80 bits per heavy atom. The van der Waals surface area contributed by atoms with Crippen molar-refractivity contribution in [2.75, 3.05) is 5.32 Å². The number of carbonyl (C=O) groups is 2. The Morgan fingerprint density at radius 3 is 2.44 bits per heavy atom. The fourth-order valence-corrected chi connectivity index (χ4v) is 5.78. The van der Waals surface area contributed by atoms with Gasteiger partial charge in [0.25, 0.3) is 0 Å². The van der Waals surface area contributed by atoms with Crippen molar-refractivity contribution in [2.24, 2.45) is 0 Å². The molecule has 2 bridgehead atoms. The molecule has 2 amide bonds. The van der Waals surface area contributed by atoms with Crippen LogP contribution in [-0.4, -0.2) is 56.7 Å². The number of nitrogens with zero attached hydrogens (tertiary/aromatic N) is 3. The fourth-order valence-electron chi connectivity index (χ4n) is 5.78. The SMILES string of the molecule is O=C(O)c1ccc(NC(=O)N2C3CCC2CC(OCc2c(-c4ccccc4OC(F)(F)F)noc2C2CC2)C3)nc1. The van der Waals surface area contributed by atoms with Gasteiger partial charge < -0.3 is 24.0 Å². The van der Waals surface area contributed by atoms with E-state index in [1.165, 1.54) is 36.5 Å². The summed E-state index contributed by atoms with van der Waals surface area (Å²) in [7, 11) is 0. The standard InChI is InChI=1S/C28H27F3N4O6/c29-28(30,31)40-22-4-2-1-3-20(22)24-21(25(41-34-24)15-5-6-15)14-39-19-11-17-8-9-18(12-19)35(17)27(38)33-23-10-7-16(13-32-23)26(36)37/h1-4,7,10,13,15,17-19H,5-6,8-9,11-12,14H2,(H,36,37)(H,32,33,38). The van der Waals surface area contributed by atoms with Gasteiger partial charge in [-0.2, -0.15) is 0 Å². The topological polar surface area (TPSA) is 127 Å². The molecule has 0 spiro atoms. The molecule has 2 saturated heterocycles. The van der Waals surface area contributed by atoms with E-state index in [4.69, 9.17) is 14.4 Å². The van der Waals surface area contributed by atoms with Gasteiger partial charge in [0, 0.05) is 35.3 Å². The Hall–Kier alpha value is -4.13. The highest BCUT2D eigenvalue weighted by Gasteiger charge is 2.44. The zero-order valence-corrected chi connectivity index (χ0v) is 21.8. The average molecular weight is 573 g/mol. The van der Waals surface area contributed by atoms with Crippen LogP contribution in [0.3, 0.4) is 0 Å². The Balaban J connectivity index is 1.14. The minimum Gasteiger partial charge on any atom is -0.478 e. The molecule has 2 unspecified atom stereocenters. The van der Waals surface area contributed by atoms with Crippen molar-refractivity contribution in [3.8, 4) is 17.0 Å². The molecule has 10 nitrogen and oxygen atoms in total. The summed E-state index contributed by atoms with van der Waals surface area (Å²) in [5, 5.41) is 15.9. The molecular formula is C28H27F3N4O6. The normalized spacial score (nSPS) is 22.0. The molecule has 216 valence electrons. The van der Waals surface area contributed by atoms with E-state index in [9.17, 15) is 22.8 Å². The molecule has 3 aromatic rings. The molecule has 41 heavy (non-hydrogen) atoms. The number of piperidine rings is 1. The predicted molar refractivity (Wildman–Crippen MR) is 137 cm³/mol. The number of urea groups is 1. The van der Waals surface area contributed by atoms with Crippen molar-refractivity contribution in [1.29, 1.82) is 0 Å². The van der Waals surface area contributed by atoms with E-state index in [1.54, 1.807) is 11.0 Å². The van der Waals surface area contributed by atoms with Crippen LogP contribution in [0.2, 0.25) is 0 Å². The Kier molecular flexibility index (Phi) is 7.06. The summed E-state index contributed by atoms with van der Waals surface area (Å²) in [6.45, 7) is 0.112. The van der Waals surface area contributed by atoms with Crippen LogP contribution in [0.25, 0.3) is 11.3 Å². The second-order valence-electron chi connectivity index (χ2n) is 10.6. The van der Waals surface area contributed by atoms with E-state index >= 15 is 0 Å². The number of aromatic nitrogens is 2. The number of aromatic carboxylic acids is 1. The molecule has 2 aliphatic heterocycles. The van der Waals surface area contributed by atoms with E-state index in [1.807, 2.05) is 0 Å². The Labute approximate surface area is 232 Å². The maximum atomic E-state index is 13.1. The number of carbonyl (C=O) groups excluding carboxylic acids is 1. The molecule has 2 atom stereocenters. The number of carboxylic acid groups (broad SMARTS) is 1. The molecule has 6 rings (SSSR count). The first kappa shape index (κ1) is 27.1. The first-order valence-electron chi connectivity index (χ1n) is 13.4. The number of hydrogen-bond donors (Lipinski definition) is 2. The largest absolute Gasteiger partial charge is 0.573 e. The van der Waals surface area contributed by atoms with Crippen LogP contribution in [0, 0.1) is 0 Å². The van der Waals surface area contributed by atoms with Crippen LogP contribution in [0.4, 0.5) is 23.8 Å². The van der Waals surface area contributed by atoms with Gasteiger partial charge in [0.2, 0.25) is 0 Å². The molecule has 1 aromatic carbocycles. The van der Waals surface area contributed by atoms with Gasteiger partial charge in [-0.3, -0.25) is 5.32 Å². The highest BCUT2D eigenvalue weighted by Crippen LogP contribution is 2.46. The summed E-state index contributed by atoms with van der Waals surface area (Å²) in [6.07, 6.45) is 0.824. The molecule has 3 fully saturated rings. The van der Waals surface area contributed by atoms with Gasteiger partial charge in [0.05, 0.1) is 18.3 Å². The summed E-state index contributed by atoms with van der Waals surface area (Å²) in [6, 6.07) is 8.25. The van der Waals surface area contributed by atoms with Crippen molar-refractivity contribution >= 4 is 17.8 Å². The van der Waals surface area contributed by atoms with Crippen LogP contribution in [0.1, 0.15) is 66.1 Å². The van der Waals surface area contributed by atoms with E-state index < -0.39 is 12.3 Å². The fraction of sp³-hybridized carbons (Fsp3) is 0.429. The maximum absolute atomic E-state index is 13.1. The van der Waals surface area contributed by atoms with Crippen LogP contribution in [0.5, 0.6) is 5.75 Å². The summed E-state index contributed by atoms with van der Waals surface area (Å²) in [5.74, 6) is -0.410. The number of nitrogens with one attached hydrogen (secondary N) is 1. The maximum Gasteiger partial charge on any atom is 0.573 e. The van der Waals surface area contributed by atoms with Crippen LogP contribution in [-0.2, 0) is 11.3 Å². The van der Waals surface area contributed by atoms with Gasteiger partial charge in [-0.25, -0.2) is 14.6 Å². The van der Waals surface area contributed by atoms with Gasteiger partial charge in [-0.15, -0.1) is 13.2 Å². The minimum absolute atomic E-state index is 0.0261. The third-order valence-electron chi connectivity index (χ3n) is 7.77. The molecule has 4 heterocycles. The summed E-state index contributed by atoms with van der Waals surface area (Å²) < 4.78 is 55.4. The molecular weight excluding hydrogens is 545 g/mol. The number of fused-ring (bicyclic) bond motifs is 2. The number of carboxylic acids is 1. The van der Waals surface area contributed by atoms with Crippen LogP contribution >= 0.6 is 0 Å². The first-order valence-corrected chi connectivity index (χ1v) is 13.4. The minimum atomic E-state index is -4.85. The third-order valence-corrected chi connectivity index (χ3v) is 7.77. The van der Waals surface area contributed by atoms with Crippen molar-refractivity contribution in [1.82, 2.24) is 15.0 Å². The second kappa shape index (κ2) is 10.7. The zero-order chi connectivity index (χ0) is 28.7. The van der Waals surface area contributed by atoms with Crippen molar-refractivity contribution in [3.63, 3.8) is 0 Å². The number of para-hydroxylation sites is 1. The van der Waals surface area contributed by atoms with Crippen molar-refractivity contribution in [3.05, 3.63) is 59.5 Å². The molecule has 1 saturated carbocycles. The number of alkyl halides is 3. The molecule has 2 N–H and O–H groups in total. The molecule has 3 aliphatic rings. The van der Waals surface area contributed by atoms with Gasteiger partial charge in [0.15, 0.2) is 0 Å². The summed E-state index contributed by atoms with van der Waals surface area (Å²) >= 11 is 0. The van der Waals surface area contributed by atoms with E-state index in [2.05, 4.69) is 20.2 Å². The number of ether oxygens (including phenoxy) is 2. The smallest absolute Gasteiger partial charge is 0.478 e. The molecule has 13 heteroatoms. The lowest BCUT2D eigenvalue weighted by Gasteiger charge is -2.38. The lowest BCUT2D eigenvalue weighted by atomic mass is 9.99. The average Bonchev–Trinajstić information content (AvgIpc) is 3.63. The molecule has 0 radical (unpaired) electrons. The Morgan fingerprint density at radius 1 is 1.07 bits per heavy atom. The number of hydrogen-bond acceptors (Lipinski definition) is 7. The quantitative estimate of drug-likeness (QED) is 0.339. The van der Waals surface area contributed by atoms with E-state index in [-0.39, 0.29) is 65.1 Å². The molecule has 2 aromatic heterocycles. The molecule has 1 aliphatic carbocycles. The van der Waals surface area contributed by atoms with Gasteiger partial charge in [0.1, 0.15) is 23.0 Å². The second-order valence-corrected chi connectivity index (χ2v) is 10.6. The van der Waals surface area contributed by atoms with Crippen molar-refractivity contribution in [2.45, 2.75) is 75.6 Å². The Bertz CT molecular complexity index is 1430. The van der Waals surface area contributed by atoms with Crippen molar-refractivity contribution < 1.29 is 41.9 Å². The third kappa shape index (κ3) is 5.85.